The Kier molecular flexibility index (Phi) is 3.29. The zero-order chi connectivity index (χ0) is 12.2. The maximum atomic E-state index is 4.17. The van der Waals surface area contributed by atoms with E-state index in [4.69, 9.17) is 0 Å². The highest BCUT2D eigenvalue weighted by molar-refractivity contribution is 5.85. The second-order valence-electron chi connectivity index (χ2n) is 6.60. The Labute approximate surface area is 119 Å². The fourth-order valence-electron chi connectivity index (χ4n) is 5.33. The fourth-order valence-corrected chi connectivity index (χ4v) is 5.33. The van der Waals surface area contributed by atoms with E-state index >= 15 is 0 Å². The molecule has 6 heteroatoms. The monoisotopic (exact) mass is 283 g/mol. The van der Waals surface area contributed by atoms with Crippen LogP contribution in [0, 0.1) is 23.7 Å². The molecule has 0 radical (unpaired) electrons. The minimum Gasteiger partial charge on any atom is -0.313 e. The minimum absolute atomic E-state index is 0. The summed E-state index contributed by atoms with van der Waals surface area (Å²) < 4.78 is 0. The van der Waals surface area contributed by atoms with E-state index in [1.54, 1.807) is 0 Å². The summed E-state index contributed by atoms with van der Waals surface area (Å²) in [5, 5.41) is 18.3. The van der Waals surface area contributed by atoms with Crippen molar-refractivity contribution in [3.63, 3.8) is 0 Å². The third kappa shape index (κ3) is 1.89. The van der Waals surface area contributed by atoms with Crippen molar-refractivity contribution in [2.75, 3.05) is 7.05 Å². The molecule has 4 saturated carbocycles. The van der Waals surface area contributed by atoms with Gasteiger partial charge in [-0.1, -0.05) is 5.21 Å². The lowest BCUT2D eigenvalue weighted by Crippen LogP contribution is -2.65. The number of halogens is 1. The molecule has 5 nitrogen and oxygen atoms in total. The first kappa shape index (κ1) is 13.3. The number of H-pyrrole nitrogens is 1. The molecule has 106 valence electrons. The summed E-state index contributed by atoms with van der Waals surface area (Å²) in [5.41, 5.74) is 0.233. The Morgan fingerprint density at radius 3 is 2.26 bits per heavy atom. The number of hydrogen-bond donors (Lipinski definition) is 2. The summed E-state index contributed by atoms with van der Waals surface area (Å²) in [7, 11) is 2.13. The molecule has 4 bridgehead atoms. The molecule has 1 aromatic heterocycles. The molecule has 4 aliphatic rings. The van der Waals surface area contributed by atoms with Gasteiger partial charge in [-0.05, 0) is 62.8 Å². The predicted molar refractivity (Wildman–Crippen MR) is 74.0 cm³/mol. The summed E-state index contributed by atoms with van der Waals surface area (Å²) in [6.45, 7) is 0. The number of nitrogens with zero attached hydrogens (tertiary/aromatic N) is 3. The number of rotatable bonds is 3. The van der Waals surface area contributed by atoms with Gasteiger partial charge in [0.1, 0.15) is 0 Å². The Morgan fingerprint density at radius 2 is 1.79 bits per heavy atom. The summed E-state index contributed by atoms with van der Waals surface area (Å²) >= 11 is 0. The van der Waals surface area contributed by atoms with E-state index in [0.717, 1.165) is 35.9 Å². The van der Waals surface area contributed by atoms with Crippen LogP contribution in [-0.2, 0) is 6.42 Å². The van der Waals surface area contributed by atoms with Crippen molar-refractivity contribution in [3.8, 4) is 0 Å². The lowest BCUT2D eigenvalue weighted by Gasteiger charge is -2.61. The van der Waals surface area contributed by atoms with E-state index in [2.05, 4.69) is 33.0 Å². The average molecular weight is 284 g/mol. The second kappa shape index (κ2) is 4.70. The number of tetrazole rings is 1. The lowest BCUT2D eigenvalue weighted by molar-refractivity contribution is -0.0711. The Morgan fingerprint density at radius 1 is 1.16 bits per heavy atom. The van der Waals surface area contributed by atoms with Crippen LogP contribution in [0.2, 0.25) is 0 Å². The number of aromatic nitrogens is 4. The molecule has 19 heavy (non-hydrogen) atoms. The van der Waals surface area contributed by atoms with Crippen LogP contribution in [-0.4, -0.2) is 33.2 Å². The molecular weight excluding hydrogens is 262 g/mol. The normalized spacial score (nSPS) is 43.2. The number of nitrogens with one attached hydrogen (secondary N) is 2. The number of likely N-dealkylation sites (N-methyl/N-ethyl adjacent to an activating group) is 1. The van der Waals surface area contributed by atoms with E-state index < -0.39 is 0 Å². The predicted octanol–water partition coefficient (Wildman–Crippen LogP) is 1.58. The summed E-state index contributed by atoms with van der Waals surface area (Å²) in [4.78, 5) is 0. The van der Waals surface area contributed by atoms with Crippen molar-refractivity contribution in [1.82, 2.24) is 25.9 Å². The van der Waals surface area contributed by atoms with Gasteiger partial charge in [0.15, 0.2) is 5.82 Å². The third-order valence-corrected chi connectivity index (χ3v) is 5.90. The van der Waals surface area contributed by atoms with Crippen molar-refractivity contribution >= 4 is 12.4 Å². The van der Waals surface area contributed by atoms with E-state index in [1.165, 1.54) is 32.1 Å². The van der Waals surface area contributed by atoms with Crippen LogP contribution in [0.15, 0.2) is 0 Å². The topological polar surface area (TPSA) is 66.5 Å². The largest absolute Gasteiger partial charge is 0.313 e. The van der Waals surface area contributed by atoms with E-state index in [0.29, 0.717) is 0 Å². The smallest absolute Gasteiger partial charge is 0.176 e. The molecule has 0 aromatic carbocycles. The maximum Gasteiger partial charge on any atom is 0.176 e. The van der Waals surface area contributed by atoms with Gasteiger partial charge >= 0.3 is 0 Å². The first-order chi connectivity index (χ1) is 8.80. The lowest BCUT2D eigenvalue weighted by atomic mass is 9.48. The Balaban J connectivity index is 0.00000110. The molecule has 0 spiro atoms. The molecule has 0 saturated heterocycles. The molecule has 0 amide bonds. The maximum absolute atomic E-state index is 4.17. The molecule has 4 aliphatic carbocycles. The molecule has 5 rings (SSSR count). The van der Waals surface area contributed by atoms with Crippen LogP contribution in [0.25, 0.3) is 0 Å². The van der Waals surface area contributed by atoms with E-state index in [-0.39, 0.29) is 17.9 Å². The van der Waals surface area contributed by atoms with Crippen molar-refractivity contribution in [2.45, 2.75) is 44.1 Å². The van der Waals surface area contributed by atoms with Gasteiger partial charge in [-0.2, -0.15) is 5.21 Å². The molecule has 0 aliphatic heterocycles. The Bertz CT molecular complexity index is 404. The second-order valence-corrected chi connectivity index (χ2v) is 6.60. The zero-order valence-electron chi connectivity index (χ0n) is 11.3. The van der Waals surface area contributed by atoms with E-state index in [1.807, 2.05) is 0 Å². The van der Waals surface area contributed by atoms with Gasteiger partial charge in [-0.25, -0.2) is 0 Å². The van der Waals surface area contributed by atoms with Crippen LogP contribution >= 0.6 is 12.4 Å². The Hall–Kier alpha value is -0.680. The minimum atomic E-state index is 0. The van der Waals surface area contributed by atoms with Gasteiger partial charge in [0.05, 0.1) is 0 Å². The molecule has 1 aromatic rings. The van der Waals surface area contributed by atoms with Crippen LogP contribution in [0.4, 0.5) is 0 Å². The van der Waals surface area contributed by atoms with Crippen LogP contribution < -0.4 is 5.32 Å². The zero-order valence-corrected chi connectivity index (χ0v) is 12.1. The highest BCUT2D eigenvalue weighted by Gasteiger charge is 2.56. The summed E-state index contributed by atoms with van der Waals surface area (Å²) in [6, 6.07) is 0. The van der Waals surface area contributed by atoms with E-state index in [9.17, 15) is 0 Å². The summed E-state index contributed by atoms with van der Waals surface area (Å²) in [6.07, 6.45) is 8.07. The van der Waals surface area contributed by atoms with Gasteiger partial charge in [0.25, 0.3) is 0 Å². The molecule has 0 atom stereocenters. The van der Waals surface area contributed by atoms with Crippen molar-refractivity contribution in [3.05, 3.63) is 5.82 Å². The molecular formula is C13H22ClN5. The molecule has 1 heterocycles. The SMILES string of the molecule is CNC1(Cc2nn[nH]n2)C2CC3CC(C2)CC1C3.Cl. The van der Waals surface area contributed by atoms with Crippen LogP contribution in [0.1, 0.15) is 37.9 Å². The van der Waals surface area contributed by atoms with Gasteiger partial charge in [0.2, 0.25) is 0 Å². The molecule has 4 fully saturated rings. The van der Waals surface area contributed by atoms with Crippen molar-refractivity contribution < 1.29 is 0 Å². The third-order valence-electron chi connectivity index (χ3n) is 5.90. The van der Waals surface area contributed by atoms with Gasteiger partial charge < -0.3 is 5.32 Å². The van der Waals surface area contributed by atoms with Crippen LogP contribution in [0.3, 0.4) is 0 Å². The fraction of sp³-hybridized carbons (Fsp3) is 0.923. The molecule has 2 N–H and O–H groups in total. The van der Waals surface area contributed by atoms with Gasteiger partial charge in [-0.15, -0.1) is 22.6 Å². The highest BCUT2D eigenvalue weighted by atomic mass is 35.5. The van der Waals surface area contributed by atoms with Gasteiger partial charge in [-0.3, -0.25) is 0 Å². The summed E-state index contributed by atoms with van der Waals surface area (Å²) in [5.74, 6) is 4.50. The average Bonchev–Trinajstić information content (AvgIpc) is 2.86. The standard InChI is InChI=1S/C13H21N5.ClH/c1-14-13(7-12-15-17-18-16-12)10-3-8-2-9(5-10)6-11(13)4-8;/h8-11,14H,2-7H2,1H3,(H,15,16,17,18);1H. The van der Waals surface area contributed by atoms with Crippen molar-refractivity contribution in [2.24, 2.45) is 23.7 Å². The van der Waals surface area contributed by atoms with Crippen molar-refractivity contribution in [1.29, 1.82) is 0 Å². The number of hydrogen-bond acceptors (Lipinski definition) is 4. The molecule has 0 unspecified atom stereocenters. The first-order valence-electron chi connectivity index (χ1n) is 7.21. The highest BCUT2D eigenvalue weighted by Crippen LogP contribution is 2.58. The number of aromatic amines is 1. The first-order valence-corrected chi connectivity index (χ1v) is 7.21. The van der Waals surface area contributed by atoms with Crippen LogP contribution in [0.5, 0.6) is 0 Å². The van der Waals surface area contributed by atoms with Gasteiger partial charge in [0, 0.05) is 12.0 Å². The quantitative estimate of drug-likeness (QED) is 0.884.